The Kier molecular flexibility index (Phi) is 4.57. The van der Waals surface area contributed by atoms with Crippen molar-refractivity contribution in [2.24, 2.45) is 5.92 Å². The number of nitrogens with zero attached hydrogens (tertiary/aromatic N) is 1. The molecule has 0 aliphatic carbocycles. The van der Waals surface area contributed by atoms with Gasteiger partial charge in [-0.15, -0.1) is 0 Å². The van der Waals surface area contributed by atoms with Crippen molar-refractivity contribution in [2.75, 3.05) is 18.0 Å². The van der Waals surface area contributed by atoms with E-state index in [2.05, 4.69) is 6.92 Å². The van der Waals surface area contributed by atoms with Gasteiger partial charge in [-0.25, -0.2) is 13.6 Å². The van der Waals surface area contributed by atoms with Gasteiger partial charge in [-0.2, -0.15) is 0 Å². The van der Waals surface area contributed by atoms with Gasteiger partial charge in [0.15, 0.2) is 0 Å². The van der Waals surface area contributed by atoms with Crippen LogP contribution in [0.25, 0.3) is 0 Å². The van der Waals surface area contributed by atoms with E-state index in [0.717, 1.165) is 37.8 Å². The van der Waals surface area contributed by atoms with Crippen LogP contribution in [0.2, 0.25) is 0 Å². The van der Waals surface area contributed by atoms with E-state index in [9.17, 15) is 13.6 Å². The zero-order chi connectivity index (χ0) is 14.7. The number of carbonyl (C=O) groups is 1. The smallest absolute Gasteiger partial charge is 0.335 e. The quantitative estimate of drug-likeness (QED) is 0.916. The van der Waals surface area contributed by atoms with Gasteiger partial charge in [0.2, 0.25) is 0 Å². The third-order valence-corrected chi connectivity index (χ3v) is 3.89. The Labute approximate surface area is 117 Å². The van der Waals surface area contributed by atoms with Crippen LogP contribution in [-0.2, 0) is 0 Å². The summed E-state index contributed by atoms with van der Waals surface area (Å²) in [6.07, 6.45) is 4.12. The van der Waals surface area contributed by atoms with Gasteiger partial charge in [0.1, 0.15) is 17.3 Å². The highest BCUT2D eigenvalue weighted by atomic mass is 19.1. The van der Waals surface area contributed by atoms with E-state index in [4.69, 9.17) is 5.11 Å². The van der Waals surface area contributed by atoms with Crippen molar-refractivity contribution < 1.29 is 18.7 Å². The Bertz CT molecular complexity index is 474. The fourth-order valence-electron chi connectivity index (χ4n) is 2.84. The molecular weight excluding hydrogens is 264 g/mol. The maximum Gasteiger partial charge on any atom is 0.335 e. The Hall–Kier alpha value is -1.65. The van der Waals surface area contributed by atoms with Crippen LogP contribution in [-0.4, -0.2) is 24.2 Å². The molecule has 0 unspecified atom stereocenters. The van der Waals surface area contributed by atoms with Gasteiger partial charge in [0, 0.05) is 13.1 Å². The molecule has 110 valence electrons. The number of carboxylic acid groups (broad SMARTS) is 1. The summed E-state index contributed by atoms with van der Waals surface area (Å²) in [6, 6.07) is 1.78. The number of benzene rings is 1. The van der Waals surface area contributed by atoms with Crippen LogP contribution in [0.4, 0.5) is 14.5 Å². The number of carboxylic acids is 1. The summed E-state index contributed by atoms with van der Waals surface area (Å²) in [5.41, 5.74) is -0.449. The molecule has 1 N–H and O–H groups in total. The highest BCUT2D eigenvalue weighted by Gasteiger charge is 2.24. The SMILES string of the molecule is CCCC1CCN(c2c(F)cc(C(=O)O)cc2F)CC1. The minimum absolute atomic E-state index is 0.0926. The van der Waals surface area contributed by atoms with Crippen molar-refractivity contribution in [3.63, 3.8) is 0 Å². The topological polar surface area (TPSA) is 40.5 Å². The third kappa shape index (κ3) is 3.08. The summed E-state index contributed by atoms with van der Waals surface area (Å²) in [5.74, 6) is -2.29. The van der Waals surface area contributed by atoms with Crippen LogP contribution in [0.5, 0.6) is 0 Å². The number of anilines is 1. The lowest BCUT2D eigenvalue weighted by molar-refractivity contribution is 0.0695. The molecule has 0 saturated carbocycles. The van der Waals surface area contributed by atoms with Gasteiger partial charge in [0.25, 0.3) is 0 Å². The van der Waals surface area contributed by atoms with Crippen molar-refractivity contribution in [3.8, 4) is 0 Å². The minimum atomic E-state index is -1.32. The van der Waals surface area contributed by atoms with E-state index in [1.165, 1.54) is 0 Å². The van der Waals surface area contributed by atoms with Gasteiger partial charge >= 0.3 is 5.97 Å². The maximum atomic E-state index is 14.0. The van der Waals surface area contributed by atoms with Gasteiger partial charge < -0.3 is 10.0 Å². The first-order chi connectivity index (χ1) is 9.52. The lowest BCUT2D eigenvalue weighted by Crippen LogP contribution is -2.35. The predicted octanol–water partition coefficient (Wildman–Crippen LogP) is 3.68. The molecule has 0 spiro atoms. The lowest BCUT2D eigenvalue weighted by atomic mass is 9.92. The molecule has 1 aromatic rings. The summed E-state index contributed by atoms with van der Waals surface area (Å²) >= 11 is 0. The fraction of sp³-hybridized carbons (Fsp3) is 0.533. The van der Waals surface area contributed by atoms with E-state index in [1.807, 2.05) is 0 Å². The summed E-state index contributed by atoms with van der Waals surface area (Å²) < 4.78 is 27.9. The molecule has 1 aromatic carbocycles. The average molecular weight is 283 g/mol. The fourth-order valence-corrected chi connectivity index (χ4v) is 2.84. The number of halogens is 2. The molecule has 20 heavy (non-hydrogen) atoms. The molecule has 1 saturated heterocycles. The van der Waals surface area contributed by atoms with Crippen molar-refractivity contribution in [1.29, 1.82) is 0 Å². The zero-order valence-electron chi connectivity index (χ0n) is 11.5. The number of hydrogen-bond acceptors (Lipinski definition) is 2. The second-order valence-corrected chi connectivity index (χ2v) is 5.31. The first-order valence-electron chi connectivity index (χ1n) is 7.00. The predicted molar refractivity (Wildman–Crippen MR) is 73.2 cm³/mol. The standard InChI is InChI=1S/C15H19F2NO2/c1-2-3-10-4-6-18(7-5-10)14-12(16)8-11(15(19)20)9-13(14)17/h8-10H,2-7H2,1H3,(H,19,20). The highest BCUT2D eigenvalue weighted by molar-refractivity contribution is 5.88. The Morgan fingerprint density at radius 3 is 2.30 bits per heavy atom. The van der Waals surface area contributed by atoms with Crippen molar-refractivity contribution in [2.45, 2.75) is 32.6 Å². The van der Waals surface area contributed by atoms with Crippen LogP contribution < -0.4 is 4.90 Å². The van der Waals surface area contributed by atoms with Crippen LogP contribution in [0.1, 0.15) is 43.0 Å². The first-order valence-corrected chi connectivity index (χ1v) is 7.00. The van der Waals surface area contributed by atoms with E-state index in [-0.39, 0.29) is 11.3 Å². The molecule has 0 radical (unpaired) electrons. The lowest BCUT2D eigenvalue weighted by Gasteiger charge is -2.34. The number of hydrogen-bond donors (Lipinski definition) is 1. The molecule has 0 bridgehead atoms. The highest BCUT2D eigenvalue weighted by Crippen LogP contribution is 2.30. The van der Waals surface area contributed by atoms with Gasteiger partial charge in [-0.05, 0) is 30.9 Å². The Morgan fingerprint density at radius 1 is 1.30 bits per heavy atom. The monoisotopic (exact) mass is 283 g/mol. The van der Waals surface area contributed by atoms with Crippen LogP contribution in [0.15, 0.2) is 12.1 Å². The molecule has 0 aromatic heterocycles. The van der Waals surface area contributed by atoms with Crippen molar-refractivity contribution >= 4 is 11.7 Å². The molecule has 1 heterocycles. The molecule has 5 heteroatoms. The van der Waals surface area contributed by atoms with Gasteiger partial charge in [-0.1, -0.05) is 19.8 Å². The van der Waals surface area contributed by atoms with E-state index in [0.29, 0.717) is 19.0 Å². The molecule has 2 rings (SSSR count). The molecule has 1 aliphatic heterocycles. The minimum Gasteiger partial charge on any atom is -0.478 e. The molecular formula is C15H19F2NO2. The zero-order valence-corrected chi connectivity index (χ0v) is 11.5. The largest absolute Gasteiger partial charge is 0.478 e. The van der Waals surface area contributed by atoms with E-state index >= 15 is 0 Å². The molecule has 1 aliphatic rings. The van der Waals surface area contributed by atoms with Crippen LogP contribution in [0.3, 0.4) is 0 Å². The molecule has 0 amide bonds. The van der Waals surface area contributed by atoms with Crippen LogP contribution in [0, 0.1) is 17.6 Å². The molecule has 0 atom stereocenters. The molecule has 3 nitrogen and oxygen atoms in total. The average Bonchev–Trinajstić information content (AvgIpc) is 2.40. The Morgan fingerprint density at radius 2 is 1.85 bits per heavy atom. The number of piperidine rings is 1. The summed E-state index contributed by atoms with van der Waals surface area (Å²) in [5, 5.41) is 8.78. The summed E-state index contributed by atoms with van der Waals surface area (Å²) in [7, 11) is 0. The van der Waals surface area contributed by atoms with E-state index in [1.54, 1.807) is 4.90 Å². The summed E-state index contributed by atoms with van der Waals surface area (Å²) in [6.45, 7) is 3.37. The second kappa shape index (κ2) is 6.20. The van der Waals surface area contributed by atoms with E-state index < -0.39 is 17.6 Å². The Balaban J connectivity index is 2.16. The van der Waals surface area contributed by atoms with Crippen LogP contribution >= 0.6 is 0 Å². The number of aromatic carboxylic acids is 1. The molecule has 1 fully saturated rings. The van der Waals surface area contributed by atoms with Crippen molar-refractivity contribution in [1.82, 2.24) is 0 Å². The first kappa shape index (κ1) is 14.8. The number of rotatable bonds is 4. The maximum absolute atomic E-state index is 14.0. The second-order valence-electron chi connectivity index (χ2n) is 5.31. The summed E-state index contributed by atoms with van der Waals surface area (Å²) in [4.78, 5) is 12.4. The third-order valence-electron chi connectivity index (χ3n) is 3.89. The normalized spacial score (nSPS) is 16.4. The van der Waals surface area contributed by atoms with Crippen molar-refractivity contribution in [3.05, 3.63) is 29.3 Å². The van der Waals surface area contributed by atoms with Gasteiger partial charge in [-0.3, -0.25) is 0 Å². The van der Waals surface area contributed by atoms with Gasteiger partial charge in [0.05, 0.1) is 5.56 Å².